The summed E-state index contributed by atoms with van der Waals surface area (Å²) < 4.78 is 40.3. The van der Waals surface area contributed by atoms with Gasteiger partial charge in [-0.2, -0.15) is 13.2 Å². The number of alkyl halides is 3. The maximum absolute atomic E-state index is 12.9. The molecule has 0 aliphatic heterocycles. The summed E-state index contributed by atoms with van der Waals surface area (Å²) >= 11 is 6.94. The second-order valence-corrected chi connectivity index (χ2v) is 8.58. The zero-order valence-electron chi connectivity index (χ0n) is 18.2. The van der Waals surface area contributed by atoms with Gasteiger partial charge < -0.3 is 15.2 Å². The molecule has 0 aliphatic carbocycles. The number of hydrogen-bond donors (Lipinski definition) is 2. The van der Waals surface area contributed by atoms with Crippen molar-refractivity contribution in [1.82, 2.24) is 20.1 Å². The quantitative estimate of drug-likeness (QED) is 0.406. The van der Waals surface area contributed by atoms with Gasteiger partial charge in [0.25, 0.3) is 5.91 Å². The van der Waals surface area contributed by atoms with Crippen LogP contribution in [0.4, 0.5) is 18.9 Å². The van der Waals surface area contributed by atoms with Gasteiger partial charge in [-0.05, 0) is 56.3 Å². The minimum absolute atomic E-state index is 0.0524. The van der Waals surface area contributed by atoms with E-state index in [0.29, 0.717) is 28.1 Å². The molecule has 0 aliphatic rings. The summed E-state index contributed by atoms with van der Waals surface area (Å²) in [5.41, 5.74) is -0.348. The molecule has 3 aromatic rings. The van der Waals surface area contributed by atoms with Crippen molar-refractivity contribution < 1.29 is 22.8 Å². The van der Waals surface area contributed by atoms with Crippen LogP contribution < -0.4 is 10.6 Å². The van der Waals surface area contributed by atoms with Gasteiger partial charge in [-0.15, -0.1) is 10.2 Å². The fraction of sp³-hybridized carbons (Fsp3) is 0.273. The van der Waals surface area contributed by atoms with Crippen molar-refractivity contribution in [2.45, 2.75) is 37.8 Å². The van der Waals surface area contributed by atoms with Crippen LogP contribution in [-0.2, 0) is 17.5 Å². The van der Waals surface area contributed by atoms with E-state index in [9.17, 15) is 22.8 Å². The lowest BCUT2D eigenvalue weighted by atomic mass is 10.2. The van der Waals surface area contributed by atoms with Crippen molar-refractivity contribution in [1.29, 1.82) is 0 Å². The Bertz CT molecular complexity index is 1170. The molecule has 1 aromatic heterocycles. The van der Waals surface area contributed by atoms with Gasteiger partial charge in [0, 0.05) is 22.8 Å². The molecular formula is C22H21ClF3N5O2S. The second-order valence-electron chi connectivity index (χ2n) is 7.20. The lowest BCUT2D eigenvalue weighted by molar-refractivity contribution is -0.137. The molecule has 0 spiro atoms. The van der Waals surface area contributed by atoms with Crippen molar-refractivity contribution >= 4 is 40.9 Å². The fourth-order valence-electron chi connectivity index (χ4n) is 3.07. The Morgan fingerprint density at radius 1 is 1.15 bits per heavy atom. The van der Waals surface area contributed by atoms with Gasteiger partial charge in [0.1, 0.15) is 0 Å². The van der Waals surface area contributed by atoms with Gasteiger partial charge in [0.2, 0.25) is 5.91 Å². The summed E-state index contributed by atoms with van der Waals surface area (Å²) in [4.78, 5) is 24.8. The van der Waals surface area contributed by atoms with Crippen LogP contribution in [0.25, 0.3) is 0 Å². The molecule has 180 valence electrons. The summed E-state index contributed by atoms with van der Waals surface area (Å²) in [6.07, 6.45) is -4.50. The summed E-state index contributed by atoms with van der Waals surface area (Å²) in [5, 5.41) is 14.5. The molecule has 2 aromatic carbocycles. The first-order valence-electron chi connectivity index (χ1n) is 10.2. The number of aromatic nitrogens is 3. The van der Waals surface area contributed by atoms with Crippen molar-refractivity contribution in [3.63, 3.8) is 0 Å². The maximum Gasteiger partial charge on any atom is 0.416 e. The van der Waals surface area contributed by atoms with Gasteiger partial charge in [0.05, 0.1) is 17.4 Å². The Morgan fingerprint density at radius 2 is 1.85 bits per heavy atom. The molecule has 0 radical (unpaired) electrons. The van der Waals surface area contributed by atoms with Crippen LogP contribution in [0.5, 0.6) is 0 Å². The zero-order chi connectivity index (χ0) is 24.9. The molecule has 0 saturated carbocycles. The first-order valence-corrected chi connectivity index (χ1v) is 11.5. The molecule has 1 heterocycles. The highest BCUT2D eigenvalue weighted by Crippen LogP contribution is 2.30. The standard InChI is InChI=1S/C22H21ClF3N5O2S/c1-3-31-19(13(2)27-20(33)14-7-9-16(23)10-8-14)29-30-21(31)34-12-18(32)28-17-6-4-5-15(11-17)22(24,25)26/h4-11,13H,3,12H2,1-2H3,(H,27,33)(H,28,32)/t13-/m1/s1. The van der Waals surface area contributed by atoms with Crippen LogP contribution in [0, 0.1) is 0 Å². The van der Waals surface area contributed by atoms with Crippen molar-refractivity contribution in [2.75, 3.05) is 11.1 Å². The third-order valence-corrected chi connectivity index (χ3v) is 5.93. The highest BCUT2D eigenvalue weighted by Gasteiger charge is 2.30. The molecule has 1 atom stereocenters. The first kappa shape index (κ1) is 25.6. The van der Waals surface area contributed by atoms with Crippen LogP contribution in [-0.4, -0.2) is 32.3 Å². The lowest BCUT2D eigenvalue weighted by Gasteiger charge is -2.15. The topological polar surface area (TPSA) is 88.9 Å². The maximum atomic E-state index is 12.9. The molecule has 0 saturated heterocycles. The molecular weight excluding hydrogens is 491 g/mol. The first-order chi connectivity index (χ1) is 16.1. The number of amides is 2. The van der Waals surface area contributed by atoms with Gasteiger partial charge >= 0.3 is 6.18 Å². The molecule has 34 heavy (non-hydrogen) atoms. The van der Waals surface area contributed by atoms with Crippen LogP contribution >= 0.6 is 23.4 Å². The highest BCUT2D eigenvalue weighted by atomic mass is 35.5. The molecule has 0 bridgehead atoms. The van der Waals surface area contributed by atoms with Crippen LogP contribution in [0.3, 0.4) is 0 Å². The average molecular weight is 512 g/mol. The average Bonchev–Trinajstić information content (AvgIpc) is 3.21. The van der Waals surface area contributed by atoms with E-state index in [1.54, 1.807) is 35.8 Å². The minimum Gasteiger partial charge on any atom is -0.342 e. The number of carbonyl (C=O) groups is 2. The number of halogens is 4. The summed E-state index contributed by atoms with van der Waals surface area (Å²) in [5.74, 6) is -0.365. The molecule has 7 nitrogen and oxygen atoms in total. The Kier molecular flexibility index (Phi) is 8.21. The zero-order valence-corrected chi connectivity index (χ0v) is 19.8. The Morgan fingerprint density at radius 3 is 2.50 bits per heavy atom. The minimum atomic E-state index is -4.50. The van der Waals surface area contributed by atoms with Gasteiger partial charge in [-0.3, -0.25) is 9.59 Å². The van der Waals surface area contributed by atoms with Crippen molar-refractivity contribution in [2.24, 2.45) is 0 Å². The Balaban J connectivity index is 1.62. The van der Waals surface area contributed by atoms with Gasteiger partial charge in [0.15, 0.2) is 11.0 Å². The van der Waals surface area contributed by atoms with Crippen LogP contribution in [0.15, 0.2) is 53.7 Å². The lowest BCUT2D eigenvalue weighted by Crippen LogP contribution is -2.28. The Labute approximate surface area is 203 Å². The van der Waals surface area contributed by atoms with Crippen LogP contribution in [0.1, 0.15) is 41.6 Å². The van der Waals surface area contributed by atoms with Crippen molar-refractivity contribution in [3.05, 3.63) is 70.5 Å². The summed E-state index contributed by atoms with van der Waals surface area (Å²) in [6, 6.07) is 10.4. The number of rotatable bonds is 8. The van der Waals surface area contributed by atoms with Crippen molar-refractivity contribution in [3.8, 4) is 0 Å². The SMILES string of the molecule is CCn1c(SCC(=O)Nc2cccc(C(F)(F)F)c2)nnc1[C@@H](C)NC(=O)c1ccc(Cl)cc1. The van der Waals surface area contributed by atoms with E-state index in [-0.39, 0.29) is 17.3 Å². The van der Waals surface area contributed by atoms with E-state index in [4.69, 9.17) is 11.6 Å². The summed E-state index contributed by atoms with van der Waals surface area (Å²) in [7, 11) is 0. The third kappa shape index (κ3) is 6.51. The third-order valence-electron chi connectivity index (χ3n) is 4.71. The number of hydrogen-bond acceptors (Lipinski definition) is 5. The van der Waals surface area contributed by atoms with E-state index in [1.807, 2.05) is 6.92 Å². The summed E-state index contributed by atoms with van der Waals surface area (Å²) in [6.45, 7) is 4.12. The highest BCUT2D eigenvalue weighted by molar-refractivity contribution is 7.99. The van der Waals surface area contributed by atoms with E-state index in [0.717, 1.165) is 23.9 Å². The number of nitrogens with zero attached hydrogens (tertiary/aromatic N) is 3. The fourth-order valence-corrected chi connectivity index (χ4v) is 4.01. The van der Waals surface area contributed by atoms with Gasteiger partial charge in [-0.1, -0.05) is 29.4 Å². The van der Waals surface area contributed by atoms with E-state index >= 15 is 0 Å². The molecule has 0 fully saturated rings. The largest absolute Gasteiger partial charge is 0.416 e. The number of benzene rings is 2. The van der Waals surface area contributed by atoms with Crippen LogP contribution in [0.2, 0.25) is 5.02 Å². The smallest absolute Gasteiger partial charge is 0.342 e. The van der Waals surface area contributed by atoms with E-state index < -0.39 is 23.7 Å². The molecule has 12 heteroatoms. The number of carbonyl (C=O) groups excluding carboxylic acids is 2. The monoisotopic (exact) mass is 511 g/mol. The molecule has 2 amide bonds. The molecule has 2 N–H and O–H groups in total. The van der Waals surface area contributed by atoms with Gasteiger partial charge in [-0.25, -0.2) is 0 Å². The molecule has 3 rings (SSSR count). The Hall–Kier alpha value is -3.05. The van der Waals surface area contributed by atoms with E-state index in [1.165, 1.54) is 12.1 Å². The number of nitrogens with one attached hydrogen (secondary N) is 2. The van der Waals surface area contributed by atoms with E-state index in [2.05, 4.69) is 20.8 Å². The predicted molar refractivity (Wildman–Crippen MR) is 124 cm³/mol. The number of anilines is 1. The molecule has 0 unspecified atom stereocenters. The second kappa shape index (κ2) is 10.9. The predicted octanol–water partition coefficient (Wildman–Crippen LogP) is 5.19. The number of thioether (sulfide) groups is 1. The normalized spacial score (nSPS) is 12.3.